The Balaban J connectivity index is 1.77. The lowest BCUT2D eigenvalue weighted by Gasteiger charge is -2.24. The van der Waals surface area contributed by atoms with Gasteiger partial charge in [-0.2, -0.15) is 4.99 Å². The maximum Gasteiger partial charge on any atom is 0.408 e. The lowest BCUT2D eigenvalue weighted by molar-refractivity contribution is -0.117. The van der Waals surface area contributed by atoms with Crippen LogP contribution in [0.5, 0.6) is 0 Å². The number of hydrogen-bond acceptors (Lipinski definition) is 6. The van der Waals surface area contributed by atoms with Gasteiger partial charge in [0.25, 0.3) is 5.91 Å². The molecule has 2 saturated heterocycles. The number of aliphatic imine (C=N–C) groups is 1. The number of amidine groups is 1. The summed E-state index contributed by atoms with van der Waals surface area (Å²) in [5.74, 6) is -0.436. The van der Waals surface area contributed by atoms with E-state index >= 15 is 0 Å². The van der Waals surface area contributed by atoms with E-state index < -0.39 is 27.4 Å². The van der Waals surface area contributed by atoms with Crippen LogP contribution in [0, 0.1) is 6.92 Å². The maximum atomic E-state index is 12.3. The van der Waals surface area contributed by atoms with Crippen LogP contribution in [0.2, 0.25) is 0 Å². The zero-order valence-electron chi connectivity index (χ0n) is 16.8. The summed E-state index contributed by atoms with van der Waals surface area (Å²) in [6.45, 7) is 6.86. The van der Waals surface area contributed by atoms with Gasteiger partial charge in [0.05, 0.1) is 17.5 Å². The number of thioether (sulfide) groups is 1. The van der Waals surface area contributed by atoms with E-state index in [4.69, 9.17) is 4.74 Å². The lowest BCUT2D eigenvalue weighted by Crippen LogP contribution is -2.38. The first-order chi connectivity index (χ1) is 13.4. The molecular formula is C19H25N3O5S2. The summed E-state index contributed by atoms with van der Waals surface area (Å²) in [6, 6.07) is 7.38. The Kier molecular flexibility index (Phi) is 5.96. The Morgan fingerprint density at radius 3 is 2.52 bits per heavy atom. The minimum absolute atomic E-state index is 0.0297. The number of amides is 2. The van der Waals surface area contributed by atoms with Crippen LogP contribution >= 0.6 is 11.8 Å². The highest BCUT2D eigenvalue weighted by atomic mass is 32.2. The molecule has 0 unspecified atom stereocenters. The Bertz CT molecular complexity index is 936. The van der Waals surface area contributed by atoms with Gasteiger partial charge in [0.15, 0.2) is 15.0 Å². The van der Waals surface area contributed by atoms with Crippen molar-refractivity contribution < 1.29 is 22.7 Å². The van der Waals surface area contributed by atoms with Crippen molar-refractivity contribution in [2.75, 3.05) is 23.0 Å². The highest BCUT2D eigenvalue weighted by Crippen LogP contribution is 2.40. The van der Waals surface area contributed by atoms with Crippen molar-refractivity contribution in [3.8, 4) is 0 Å². The van der Waals surface area contributed by atoms with Crippen LogP contribution in [-0.2, 0) is 19.4 Å². The molecule has 0 aromatic heterocycles. The summed E-state index contributed by atoms with van der Waals surface area (Å²) < 4.78 is 29.3. The fourth-order valence-electron chi connectivity index (χ4n) is 3.18. The summed E-state index contributed by atoms with van der Waals surface area (Å²) in [5.41, 5.74) is 1.21. The molecule has 2 heterocycles. The number of fused-ring (bicyclic) bond motifs is 1. The summed E-state index contributed by atoms with van der Waals surface area (Å²) in [7, 11) is -3.12. The molecule has 0 saturated carbocycles. The molecule has 0 radical (unpaired) electrons. The van der Waals surface area contributed by atoms with Gasteiger partial charge >= 0.3 is 6.09 Å². The molecule has 1 N–H and O–H groups in total. The Labute approximate surface area is 175 Å². The molecule has 1 aromatic carbocycles. The number of carbonyl (C=O) groups is 2. The van der Waals surface area contributed by atoms with E-state index in [2.05, 4.69) is 10.3 Å². The molecule has 2 aliphatic heterocycles. The van der Waals surface area contributed by atoms with Gasteiger partial charge in [0, 0.05) is 10.9 Å². The molecule has 10 heteroatoms. The van der Waals surface area contributed by atoms with Crippen molar-refractivity contribution in [3.63, 3.8) is 0 Å². The van der Waals surface area contributed by atoms with Crippen molar-refractivity contribution in [1.82, 2.24) is 5.32 Å². The van der Waals surface area contributed by atoms with E-state index in [1.54, 1.807) is 20.8 Å². The highest BCUT2D eigenvalue weighted by molar-refractivity contribution is 8.16. The molecule has 2 amide bonds. The largest absolute Gasteiger partial charge is 0.444 e. The average molecular weight is 440 g/mol. The molecular weight excluding hydrogens is 414 g/mol. The predicted molar refractivity (Wildman–Crippen MR) is 114 cm³/mol. The Morgan fingerprint density at radius 2 is 1.90 bits per heavy atom. The van der Waals surface area contributed by atoms with Gasteiger partial charge in [0.1, 0.15) is 12.1 Å². The van der Waals surface area contributed by atoms with Crippen LogP contribution < -0.4 is 10.2 Å². The summed E-state index contributed by atoms with van der Waals surface area (Å²) in [6.07, 6.45) is -0.691. The minimum atomic E-state index is -3.12. The van der Waals surface area contributed by atoms with Gasteiger partial charge in [0.2, 0.25) is 0 Å². The topological polar surface area (TPSA) is 105 Å². The van der Waals surface area contributed by atoms with Crippen molar-refractivity contribution in [2.45, 2.75) is 44.6 Å². The van der Waals surface area contributed by atoms with Crippen LogP contribution in [0.15, 0.2) is 29.3 Å². The van der Waals surface area contributed by atoms with Crippen molar-refractivity contribution >= 4 is 44.5 Å². The quantitative estimate of drug-likeness (QED) is 0.769. The fraction of sp³-hybridized carbons (Fsp3) is 0.526. The number of alkyl carbamates (subject to hydrolysis) is 1. The summed E-state index contributed by atoms with van der Waals surface area (Å²) in [4.78, 5) is 30.0. The summed E-state index contributed by atoms with van der Waals surface area (Å²) in [5, 5.41) is 2.68. The molecule has 2 aliphatic rings. The van der Waals surface area contributed by atoms with Gasteiger partial charge in [-0.05, 0) is 39.8 Å². The average Bonchev–Trinajstić information content (AvgIpc) is 3.03. The number of nitrogens with one attached hydrogen (secondary N) is 1. The molecule has 0 bridgehead atoms. The SMILES string of the molecule is Cc1ccc(N2C(=NC(=O)CNC(=O)OC(C)(C)C)S[C@H]3CS(=O)(=O)C[C@@H]32)cc1. The second-order valence-electron chi connectivity index (χ2n) is 8.15. The third kappa shape index (κ3) is 5.51. The first kappa shape index (κ1) is 21.6. The third-order valence-electron chi connectivity index (χ3n) is 4.38. The number of ether oxygens (including phenoxy) is 1. The van der Waals surface area contributed by atoms with Gasteiger partial charge in [-0.1, -0.05) is 29.5 Å². The number of nitrogens with zero attached hydrogens (tertiary/aromatic N) is 2. The number of benzene rings is 1. The van der Waals surface area contributed by atoms with E-state index in [9.17, 15) is 18.0 Å². The number of carbonyl (C=O) groups excluding carboxylic acids is 2. The van der Waals surface area contributed by atoms with Gasteiger partial charge in [-0.3, -0.25) is 4.79 Å². The molecule has 29 heavy (non-hydrogen) atoms. The Hall–Kier alpha value is -2.07. The van der Waals surface area contributed by atoms with Crippen LogP contribution in [0.25, 0.3) is 0 Å². The Morgan fingerprint density at radius 1 is 1.24 bits per heavy atom. The molecule has 2 fully saturated rings. The van der Waals surface area contributed by atoms with Gasteiger partial charge < -0.3 is 15.0 Å². The molecule has 8 nitrogen and oxygen atoms in total. The monoisotopic (exact) mass is 439 g/mol. The van der Waals surface area contributed by atoms with Crippen LogP contribution in [0.1, 0.15) is 26.3 Å². The highest BCUT2D eigenvalue weighted by Gasteiger charge is 2.49. The van der Waals surface area contributed by atoms with E-state index in [1.807, 2.05) is 36.1 Å². The number of sulfone groups is 1. The first-order valence-electron chi connectivity index (χ1n) is 9.25. The first-order valence-corrected chi connectivity index (χ1v) is 11.9. The zero-order chi connectivity index (χ0) is 21.4. The minimum Gasteiger partial charge on any atom is -0.444 e. The fourth-order valence-corrected chi connectivity index (χ4v) is 7.11. The smallest absolute Gasteiger partial charge is 0.408 e. The second kappa shape index (κ2) is 7.98. The molecule has 3 rings (SSSR count). The van der Waals surface area contributed by atoms with E-state index in [1.165, 1.54) is 11.8 Å². The van der Waals surface area contributed by atoms with E-state index in [0.717, 1.165) is 11.3 Å². The van der Waals surface area contributed by atoms with Crippen LogP contribution in [0.3, 0.4) is 0 Å². The number of hydrogen-bond donors (Lipinski definition) is 1. The van der Waals surface area contributed by atoms with E-state index in [-0.39, 0.29) is 29.3 Å². The number of anilines is 1. The number of rotatable bonds is 3. The predicted octanol–water partition coefficient (Wildman–Crippen LogP) is 2.12. The van der Waals surface area contributed by atoms with Crippen molar-refractivity contribution in [3.05, 3.63) is 29.8 Å². The van der Waals surface area contributed by atoms with Gasteiger partial charge in [-0.25, -0.2) is 13.2 Å². The molecule has 0 aliphatic carbocycles. The standard InChI is InChI=1S/C19H25N3O5S2/c1-12-5-7-13(8-6-12)22-14-10-29(25,26)11-15(14)28-17(22)21-16(23)9-20-18(24)27-19(2,3)4/h5-8,14-15H,9-11H2,1-4H3,(H,20,24)/t14-,15-/m0/s1. The van der Waals surface area contributed by atoms with Gasteiger partial charge in [-0.15, -0.1) is 0 Å². The molecule has 158 valence electrons. The zero-order valence-corrected chi connectivity index (χ0v) is 18.5. The second-order valence-corrected chi connectivity index (χ2v) is 11.5. The molecule has 1 aromatic rings. The third-order valence-corrected chi connectivity index (χ3v) is 7.59. The normalized spacial score (nSPS) is 24.4. The van der Waals surface area contributed by atoms with Crippen molar-refractivity contribution in [1.29, 1.82) is 0 Å². The molecule has 2 atom stereocenters. The maximum absolute atomic E-state index is 12.3. The van der Waals surface area contributed by atoms with E-state index in [0.29, 0.717) is 5.17 Å². The molecule has 0 spiro atoms. The van der Waals surface area contributed by atoms with Crippen LogP contribution in [-0.4, -0.2) is 60.5 Å². The summed E-state index contributed by atoms with van der Waals surface area (Å²) >= 11 is 1.30. The number of aryl methyl sites for hydroxylation is 1. The van der Waals surface area contributed by atoms with Crippen LogP contribution in [0.4, 0.5) is 10.5 Å². The van der Waals surface area contributed by atoms with Crippen molar-refractivity contribution in [2.24, 2.45) is 4.99 Å². The lowest BCUT2D eigenvalue weighted by atomic mass is 10.1.